The molecule has 0 spiro atoms. The van der Waals surface area contributed by atoms with Crippen molar-refractivity contribution in [2.24, 2.45) is 0 Å². The van der Waals surface area contributed by atoms with Crippen LogP contribution in [0.15, 0.2) is 45.9 Å². The molecule has 1 heterocycles. The first-order valence-electron chi connectivity index (χ1n) is 6.30. The molecule has 2 aromatic rings. The number of carbonyl (C=O) groups excluding carboxylic acids is 1. The zero-order valence-electron chi connectivity index (χ0n) is 11.3. The number of benzene rings is 1. The smallest absolute Gasteiger partial charge is 0.324 e. The monoisotopic (exact) mass is 337 g/mol. The number of nitrogens with zero attached hydrogens (tertiary/aromatic N) is 2. The van der Waals surface area contributed by atoms with E-state index in [4.69, 9.17) is 0 Å². The summed E-state index contributed by atoms with van der Waals surface area (Å²) in [6, 6.07) is 7.39. The second kappa shape index (κ2) is 6.09. The van der Waals surface area contributed by atoms with Crippen LogP contribution in [0.4, 0.5) is 5.69 Å². The molecule has 1 amide bonds. The third-order valence-electron chi connectivity index (χ3n) is 2.85. The Morgan fingerprint density at radius 3 is 2.70 bits per heavy atom. The van der Waals surface area contributed by atoms with Crippen molar-refractivity contribution in [3.63, 3.8) is 0 Å². The number of amides is 1. The normalized spacial score (nSPS) is 10.8. The van der Waals surface area contributed by atoms with Gasteiger partial charge in [-0.15, -0.1) is 0 Å². The topological polar surface area (TPSA) is 56.0 Å². The van der Waals surface area contributed by atoms with Crippen molar-refractivity contribution in [3.8, 4) is 0 Å². The van der Waals surface area contributed by atoms with Gasteiger partial charge in [0.2, 0.25) is 5.91 Å². The molecule has 0 saturated carbocycles. The Kier molecular flexibility index (Phi) is 4.44. The summed E-state index contributed by atoms with van der Waals surface area (Å²) in [5.41, 5.74) is 0.519. The molecule has 2 rings (SSSR count). The zero-order valence-corrected chi connectivity index (χ0v) is 12.9. The van der Waals surface area contributed by atoms with Crippen LogP contribution in [0.5, 0.6) is 0 Å². The summed E-state index contributed by atoms with van der Waals surface area (Å²) in [6.45, 7) is 3.85. The summed E-state index contributed by atoms with van der Waals surface area (Å²) in [5.74, 6) is -0.230. The number of anilines is 1. The maximum atomic E-state index is 12.0. The molecule has 0 fully saturated rings. The summed E-state index contributed by atoms with van der Waals surface area (Å²) < 4.78 is 3.87. The first-order chi connectivity index (χ1) is 9.47. The number of nitrogens with one attached hydrogen (secondary N) is 1. The lowest BCUT2D eigenvalue weighted by Gasteiger charge is -2.07. The highest BCUT2D eigenvalue weighted by Gasteiger charge is 2.09. The van der Waals surface area contributed by atoms with Crippen molar-refractivity contribution >= 4 is 27.5 Å². The van der Waals surface area contributed by atoms with Crippen LogP contribution >= 0.6 is 15.9 Å². The maximum Gasteiger partial charge on any atom is 0.328 e. The van der Waals surface area contributed by atoms with Crippen LogP contribution in [0.3, 0.4) is 0 Å². The van der Waals surface area contributed by atoms with E-state index in [9.17, 15) is 9.59 Å². The molecule has 1 aromatic carbocycles. The molecule has 5 nitrogen and oxygen atoms in total. The third kappa shape index (κ3) is 3.39. The quantitative estimate of drug-likeness (QED) is 0.932. The molecule has 1 aromatic heterocycles. The fourth-order valence-electron chi connectivity index (χ4n) is 1.86. The molecular formula is C14H16BrN3O2. The molecule has 0 aliphatic rings. The van der Waals surface area contributed by atoms with Crippen LogP contribution in [0.1, 0.15) is 19.9 Å². The first kappa shape index (κ1) is 14.6. The van der Waals surface area contributed by atoms with E-state index in [1.807, 2.05) is 26.0 Å². The molecule has 0 aliphatic carbocycles. The van der Waals surface area contributed by atoms with Gasteiger partial charge in [-0.1, -0.05) is 22.0 Å². The lowest BCUT2D eigenvalue weighted by Crippen LogP contribution is -2.29. The SMILES string of the molecule is CC(C)n1ccn(CC(=O)Nc2cccc(Br)c2)c1=O. The molecule has 0 bridgehead atoms. The number of hydrogen-bond donors (Lipinski definition) is 1. The number of carbonyl (C=O) groups is 1. The van der Waals surface area contributed by atoms with E-state index < -0.39 is 0 Å². The van der Waals surface area contributed by atoms with Crippen molar-refractivity contribution in [3.05, 3.63) is 51.6 Å². The highest BCUT2D eigenvalue weighted by Crippen LogP contribution is 2.15. The number of imidazole rings is 1. The average Bonchev–Trinajstić information content (AvgIpc) is 2.71. The average molecular weight is 338 g/mol. The summed E-state index contributed by atoms with van der Waals surface area (Å²) >= 11 is 3.34. The Morgan fingerprint density at radius 1 is 1.35 bits per heavy atom. The second-order valence-electron chi connectivity index (χ2n) is 4.77. The number of hydrogen-bond acceptors (Lipinski definition) is 2. The van der Waals surface area contributed by atoms with Crippen LogP contribution in [-0.2, 0) is 11.3 Å². The molecule has 0 unspecified atom stereocenters. The Morgan fingerprint density at radius 2 is 2.10 bits per heavy atom. The van der Waals surface area contributed by atoms with Gasteiger partial charge in [-0.2, -0.15) is 0 Å². The Labute approximate surface area is 125 Å². The third-order valence-corrected chi connectivity index (χ3v) is 3.35. The molecule has 106 valence electrons. The molecule has 6 heteroatoms. The van der Waals surface area contributed by atoms with Crippen LogP contribution in [-0.4, -0.2) is 15.0 Å². The van der Waals surface area contributed by atoms with Gasteiger partial charge in [-0.25, -0.2) is 4.79 Å². The Hall–Kier alpha value is -1.82. The number of rotatable bonds is 4. The minimum absolute atomic E-state index is 0.00503. The molecule has 0 atom stereocenters. The molecule has 1 N–H and O–H groups in total. The minimum atomic E-state index is -0.230. The van der Waals surface area contributed by atoms with E-state index in [1.54, 1.807) is 29.1 Å². The second-order valence-corrected chi connectivity index (χ2v) is 5.68. The highest BCUT2D eigenvalue weighted by molar-refractivity contribution is 9.10. The number of aromatic nitrogens is 2. The van der Waals surface area contributed by atoms with Crippen molar-refractivity contribution in [2.45, 2.75) is 26.4 Å². The van der Waals surface area contributed by atoms with Crippen LogP contribution < -0.4 is 11.0 Å². The lowest BCUT2D eigenvalue weighted by molar-refractivity contribution is -0.116. The number of halogens is 1. The molecule has 20 heavy (non-hydrogen) atoms. The van der Waals surface area contributed by atoms with Gasteiger partial charge in [0.1, 0.15) is 6.54 Å². The van der Waals surface area contributed by atoms with Gasteiger partial charge in [-0.3, -0.25) is 13.9 Å². The first-order valence-corrected chi connectivity index (χ1v) is 7.09. The van der Waals surface area contributed by atoms with E-state index in [1.165, 1.54) is 4.57 Å². The van der Waals surface area contributed by atoms with Crippen molar-refractivity contribution < 1.29 is 4.79 Å². The summed E-state index contributed by atoms with van der Waals surface area (Å²) in [6.07, 6.45) is 3.32. The van der Waals surface area contributed by atoms with Crippen molar-refractivity contribution in [1.82, 2.24) is 9.13 Å². The molecule has 0 aliphatic heterocycles. The van der Waals surface area contributed by atoms with Gasteiger partial charge < -0.3 is 5.32 Å². The highest BCUT2D eigenvalue weighted by atomic mass is 79.9. The van der Waals surface area contributed by atoms with E-state index >= 15 is 0 Å². The minimum Gasteiger partial charge on any atom is -0.324 e. The Bertz CT molecular complexity index is 673. The molecule has 0 radical (unpaired) electrons. The van der Waals surface area contributed by atoms with E-state index in [-0.39, 0.29) is 24.2 Å². The van der Waals surface area contributed by atoms with Gasteiger partial charge in [-0.05, 0) is 32.0 Å². The van der Waals surface area contributed by atoms with E-state index in [0.29, 0.717) is 5.69 Å². The predicted molar refractivity (Wildman–Crippen MR) is 81.8 cm³/mol. The molecular weight excluding hydrogens is 322 g/mol. The van der Waals surface area contributed by atoms with Crippen LogP contribution in [0.25, 0.3) is 0 Å². The predicted octanol–water partition coefficient (Wildman–Crippen LogP) is 2.63. The lowest BCUT2D eigenvalue weighted by atomic mass is 10.3. The largest absolute Gasteiger partial charge is 0.328 e. The van der Waals surface area contributed by atoms with Crippen molar-refractivity contribution in [1.29, 1.82) is 0 Å². The van der Waals surface area contributed by atoms with Gasteiger partial charge in [0.15, 0.2) is 0 Å². The standard InChI is InChI=1S/C14H16BrN3O2/c1-10(2)18-7-6-17(14(18)20)9-13(19)16-12-5-3-4-11(15)8-12/h3-8,10H,9H2,1-2H3,(H,16,19). The molecule has 0 saturated heterocycles. The van der Waals surface area contributed by atoms with Gasteiger partial charge in [0.25, 0.3) is 0 Å². The van der Waals surface area contributed by atoms with E-state index in [2.05, 4.69) is 21.2 Å². The van der Waals surface area contributed by atoms with Gasteiger partial charge in [0, 0.05) is 28.6 Å². The maximum absolute atomic E-state index is 12.0. The zero-order chi connectivity index (χ0) is 14.7. The summed E-state index contributed by atoms with van der Waals surface area (Å²) in [4.78, 5) is 23.9. The van der Waals surface area contributed by atoms with Crippen LogP contribution in [0, 0.1) is 0 Å². The summed E-state index contributed by atoms with van der Waals surface area (Å²) in [7, 11) is 0. The van der Waals surface area contributed by atoms with Gasteiger partial charge >= 0.3 is 5.69 Å². The van der Waals surface area contributed by atoms with Crippen molar-refractivity contribution in [2.75, 3.05) is 5.32 Å². The fraction of sp³-hybridized carbons (Fsp3) is 0.286. The fourth-order valence-corrected chi connectivity index (χ4v) is 2.26. The Balaban J connectivity index is 2.07. The summed E-state index contributed by atoms with van der Waals surface area (Å²) in [5, 5.41) is 2.76. The van der Waals surface area contributed by atoms with E-state index in [0.717, 1.165) is 4.47 Å². The van der Waals surface area contributed by atoms with Crippen LogP contribution in [0.2, 0.25) is 0 Å². The van der Waals surface area contributed by atoms with Gasteiger partial charge in [0.05, 0.1) is 0 Å².